The Morgan fingerprint density at radius 3 is 2.02 bits per heavy atom. The Morgan fingerprint density at radius 2 is 1.40 bits per heavy atom. The fraction of sp³-hybridized carbons (Fsp3) is 0.394. The number of amides is 1. The van der Waals surface area contributed by atoms with Gasteiger partial charge in [-0.05, 0) is 40.7 Å². The summed E-state index contributed by atoms with van der Waals surface area (Å²) in [5.41, 5.74) is 2.09. The first-order chi connectivity index (χ1) is 19.8. The third-order valence-corrected chi connectivity index (χ3v) is 6.62. The number of anilines is 1. The van der Waals surface area contributed by atoms with E-state index in [4.69, 9.17) is 30.5 Å². The van der Waals surface area contributed by atoms with Crippen molar-refractivity contribution in [3.63, 3.8) is 0 Å². The molecule has 42 heavy (non-hydrogen) atoms. The first-order valence-electron chi connectivity index (χ1n) is 13.8. The second-order valence-corrected chi connectivity index (χ2v) is 12.3. The van der Waals surface area contributed by atoms with E-state index >= 15 is 0 Å². The number of hydrogen-bond acceptors (Lipinski definition) is 7. The summed E-state index contributed by atoms with van der Waals surface area (Å²) < 4.78 is 21.8. The molecule has 226 valence electrons. The average molecular weight is 598 g/mol. The van der Waals surface area contributed by atoms with Crippen molar-refractivity contribution >= 4 is 29.4 Å². The minimum Gasteiger partial charge on any atom is -0.507 e. The molecule has 0 unspecified atom stereocenters. The SMILES string of the molecule is CC(C)(C)c1cc(C(=O)Oc2ccc(Cl)c(NC(=O)OCCOCCOCc3ccccc3)c2)cc(C(C)(C)C)c1O. The molecule has 0 aliphatic rings. The highest BCUT2D eigenvalue weighted by atomic mass is 35.5. The second-order valence-electron chi connectivity index (χ2n) is 11.9. The molecule has 0 aliphatic carbocycles. The first-order valence-corrected chi connectivity index (χ1v) is 14.2. The minimum atomic E-state index is -0.729. The zero-order valence-electron chi connectivity index (χ0n) is 25.1. The van der Waals surface area contributed by atoms with E-state index in [1.54, 1.807) is 12.1 Å². The number of halogens is 1. The Hall–Kier alpha value is -3.59. The highest BCUT2D eigenvalue weighted by Crippen LogP contribution is 2.40. The summed E-state index contributed by atoms with van der Waals surface area (Å²) >= 11 is 6.25. The maximum atomic E-state index is 13.2. The quantitative estimate of drug-likeness (QED) is 0.133. The molecular formula is C33H40ClNO7. The van der Waals surface area contributed by atoms with Crippen molar-refractivity contribution in [3.05, 3.63) is 87.9 Å². The Balaban J connectivity index is 1.53. The van der Waals surface area contributed by atoms with Gasteiger partial charge in [-0.15, -0.1) is 0 Å². The second kappa shape index (κ2) is 14.5. The summed E-state index contributed by atoms with van der Waals surface area (Å²) in [7, 11) is 0. The Morgan fingerprint density at radius 1 is 0.810 bits per heavy atom. The number of ether oxygens (including phenoxy) is 4. The standard InChI is InChI=1S/C33H40ClNO7/c1-32(2,3)25-18-23(19-26(29(25)36)33(4,5)6)30(37)42-24-12-13-27(34)28(20-24)35-31(38)41-17-16-39-14-15-40-21-22-10-8-7-9-11-22/h7-13,18-20,36H,14-17,21H2,1-6H3,(H,35,38). The summed E-state index contributed by atoms with van der Waals surface area (Å²) in [6, 6.07) is 17.6. The molecule has 1 amide bonds. The number of carbonyl (C=O) groups is 2. The van der Waals surface area contributed by atoms with Gasteiger partial charge in [0.25, 0.3) is 0 Å². The average Bonchev–Trinajstić information content (AvgIpc) is 2.91. The molecule has 3 aromatic carbocycles. The van der Waals surface area contributed by atoms with Crippen molar-refractivity contribution in [1.29, 1.82) is 0 Å². The number of aromatic hydroxyl groups is 1. The summed E-state index contributed by atoms with van der Waals surface area (Å²) in [5.74, 6) is -0.252. The van der Waals surface area contributed by atoms with Gasteiger partial charge < -0.3 is 24.1 Å². The fourth-order valence-corrected chi connectivity index (χ4v) is 4.21. The lowest BCUT2D eigenvalue weighted by Gasteiger charge is -2.27. The molecule has 0 radical (unpaired) electrons. The van der Waals surface area contributed by atoms with E-state index in [9.17, 15) is 14.7 Å². The number of phenols is 1. The fourth-order valence-electron chi connectivity index (χ4n) is 4.05. The van der Waals surface area contributed by atoms with E-state index in [1.165, 1.54) is 18.2 Å². The number of carbonyl (C=O) groups excluding carboxylic acids is 2. The lowest BCUT2D eigenvalue weighted by molar-refractivity contribution is 0.0246. The molecule has 0 bridgehead atoms. The molecule has 3 aromatic rings. The van der Waals surface area contributed by atoms with E-state index in [0.29, 0.717) is 36.5 Å². The molecule has 2 N–H and O–H groups in total. The van der Waals surface area contributed by atoms with Gasteiger partial charge in [0, 0.05) is 17.2 Å². The van der Waals surface area contributed by atoms with Gasteiger partial charge in [-0.3, -0.25) is 5.32 Å². The van der Waals surface area contributed by atoms with Crippen LogP contribution >= 0.6 is 11.6 Å². The molecular weight excluding hydrogens is 558 g/mol. The number of nitrogens with one attached hydrogen (secondary N) is 1. The van der Waals surface area contributed by atoms with Gasteiger partial charge in [0.05, 0.1) is 42.7 Å². The van der Waals surface area contributed by atoms with Crippen molar-refractivity contribution < 1.29 is 33.6 Å². The number of hydrogen-bond donors (Lipinski definition) is 2. The smallest absolute Gasteiger partial charge is 0.411 e. The van der Waals surface area contributed by atoms with Crippen LogP contribution in [0.2, 0.25) is 5.02 Å². The van der Waals surface area contributed by atoms with E-state index in [-0.39, 0.29) is 35.4 Å². The molecule has 3 rings (SSSR count). The van der Waals surface area contributed by atoms with E-state index in [2.05, 4.69) is 5.32 Å². The topological polar surface area (TPSA) is 103 Å². The maximum Gasteiger partial charge on any atom is 0.411 e. The predicted octanol–water partition coefficient (Wildman–Crippen LogP) is 7.64. The Labute approximate surface area is 252 Å². The van der Waals surface area contributed by atoms with Crippen molar-refractivity contribution in [2.75, 3.05) is 31.7 Å². The third-order valence-electron chi connectivity index (χ3n) is 6.29. The van der Waals surface area contributed by atoms with Crippen LogP contribution in [-0.4, -0.2) is 43.6 Å². The van der Waals surface area contributed by atoms with E-state index in [1.807, 2.05) is 71.9 Å². The highest BCUT2D eigenvalue weighted by molar-refractivity contribution is 6.33. The van der Waals surface area contributed by atoms with Crippen molar-refractivity contribution in [2.24, 2.45) is 0 Å². The van der Waals surface area contributed by atoms with Gasteiger partial charge in [-0.25, -0.2) is 9.59 Å². The molecule has 9 heteroatoms. The molecule has 0 spiro atoms. The Kier molecular flexibility index (Phi) is 11.4. The van der Waals surface area contributed by atoms with Crippen LogP contribution < -0.4 is 10.1 Å². The maximum absolute atomic E-state index is 13.2. The van der Waals surface area contributed by atoms with Crippen LogP contribution in [0.15, 0.2) is 60.7 Å². The molecule has 0 atom stereocenters. The largest absolute Gasteiger partial charge is 0.507 e. The molecule has 0 heterocycles. The highest BCUT2D eigenvalue weighted by Gasteiger charge is 2.28. The third kappa shape index (κ3) is 9.76. The number of rotatable bonds is 11. The summed E-state index contributed by atoms with van der Waals surface area (Å²) in [5, 5.41) is 13.7. The number of esters is 1. The lowest BCUT2D eigenvalue weighted by Crippen LogP contribution is -2.20. The van der Waals surface area contributed by atoms with Crippen LogP contribution in [0.5, 0.6) is 11.5 Å². The zero-order valence-corrected chi connectivity index (χ0v) is 25.8. The molecule has 0 aliphatic heterocycles. The van der Waals surface area contributed by atoms with Crippen LogP contribution in [0.1, 0.15) is 68.6 Å². The molecule has 0 saturated carbocycles. The van der Waals surface area contributed by atoms with Gasteiger partial charge in [-0.2, -0.15) is 0 Å². The monoisotopic (exact) mass is 597 g/mol. The molecule has 8 nitrogen and oxygen atoms in total. The molecule has 0 saturated heterocycles. The summed E-state index contributed by atoms with van der Waals surface area (Å²) in [6.07, 6.45) is -0.729. The van der Waals surface area contributed by atoms with Gasteiger partial charge in [0.1, 0.15) is 18.1 Å². The van der Waals surface area contributed by atoms with Crippen LogP contribution in [0.3, 0.4) is 0 Å². The first kappa shape index (κ1) is 32.9. The molecule has 0 fully saturated rings. The van der Waals surface area contributed by atoms with Gasteiger partial charge in [-0.1, -0.05) is 83.5 Å². The van der Waals surface area contributed by atoms with Gasteiger partial charge >= 0.3 is 12.1 Å². The van der Waals surface area contributed by atoms with Gasteiger partial charge in [0.2, 0.25) is 0 Å². The zero-order chi connectivity index (χ0) is 30.9. The number of phenolic OH excluding ortho intramolecular Hbond substituents is 1. The van der Waals surface area contributed by atoms with E-state index in [0.717, 1.165) is 5.56 Å². The van der Waals surface area contributed by atoms with Crippen molar-refractivity contribution in [1.82, 2.24) is 0 Å². The summed E-state index contributed by atoms with van der Waals surface area (Å²) in [4.78, 5) is 25.5. The Bertz CT molecular complexity index is 1330. The van der Waals surface area contributed by atoms with Crippen molar-refractivity contribution in [2.45, 2.75) is 59.0 Å². The van der Waals surface area contributed by atoms with Crippen LogP contribution in [0.4, 0.5) is 10.5 Å². The lowest BCUT2D eigenvalue weighted by atomic mass is 9.78. The van der Waals surface area contributed by atoms with Crippen LogP contribution in [0, 0.1) is 0 Å². The summed E-state index contributed by atoms with van der Waals surface area (Å²) in [6.45, 7) is 13.3. The minimum absolute atomic E-state index is 0.0316. The normalized spacial score (nSPS) is 11.7. The van der Waals surface area contributed by atoms with Crippen LogP contribution in [-0.2, 0) is 31.6 Å². The van der Waals surface area contributed by atoms with E-state index < -0.39 is 22.9 Å². The number of benzene rings is 3. The molecule has 0 aromatic heterocycles. The predicted molar refractivity (Wildman–Crippen MR) is 164 cm³/mol. The van der Waals surface area contributed by atoms with Crippen LogP contribution in [0.25, 0.3) is 0 Å². The van der Waals surface area contributed by atoms with Crippen molar-refractivity contribution in [3.8, 4) is 11.5 Å². The van der Waals surface area contributed by atoms with Gasteiger partial charge in [0.15, 0.2) is 0 Å².